The lowest BCUT2D eigenvalue weighted by atomic mass is 10.1. The van der Waals surface area contributed by atoms with Gasteiger partial charge < -0.3 is 10.5 Å². The van der Waals surface area contributed by atoms with Crippen molar-refractivity contribution < 1.29 is 4.74 Å². The Labute approximate surface area is 117 Å². The third-order valence-electron chi connectivity index (χ3n) is 2.64. The fourth-order valence-electron chi connectivity index (χ4n) is 1.87. The number of benzene rings is 1. The molecule has 5 nitrogen and oxygen atoms in total. The minimum absolute atomic E-state index is 0.166. The smallest absolute Gasteiger partial charge is 0.216 e. The Morgan fingerprint density at radius 1 is 1.56 bits per heavy atom. The normalized spacial score (nSPS) is 17.5. The van der Waals surface area contributed by atoms with Crippen LogP contribution in [0.15, 0.2) is 27.8 Å². The van der Waals surface area contributed by atoms with Gasteiger partial charge in [0.15, 0.2) is 0 Å². The molecule has 1 aromatic heterocycles. The van der Waals surface area contributed by atoms with Crippen molar-refractivity contribution in [3.8, 4) is 5.75 Å². The van der Waals surface area contributed by atoms with Crippen LogP contribution in [-0.4, -0.2) is 27.0 Å². The molecule has 1 aliphatic rings. The molecule has 0 radical (unpaired) electrons. The van der Waals surface area contributed by atoms with E-state index in [9.17, 15) is 0 Å². The van der Waals surface area contributed by atoms with Gasteiger partial charge >= 0.3 is 0 Å². The van der Waals surface area contributed by atoms with Gasteiger partial charge in [-0.25, -0.2) is 5.10 Å². The Kier molecular flexibility index (Phi) is 3.17. The van der Waals surface area contributed by atoms with E-state index >= 15 is 0 Å². The molecule has 3 rings (SSSR count). The van der Waals surface area contributed by atoms with Gasteiger partial charge in [-0.15, -0.1) is 5.10 Å². The maximum Gasteiger partial charge on any atom is 0.216 e. The molecule has 2 aromatic rings. The number of hydrogen-bond donors (Lipinski definition) is 2. The van der Waals surface area contributed by atoms with Crippen LogP contribution in [0.5, 0.6) is 5.75 Å². The Morgan fingerprint density at radius 3 is 3.22 bits per heavy atom. The number of rotatable bonds is 3. The van der Waals surface area contributed by atoms with Crippen LogP contribution in [0.25, 0.3) is 0 Å². The molecule has 0 saturated carbocycles. The van der Waals surface area contributed by atoms with E-state index in [1.807, 2.05) is 12.1 Å². The molecule has 0 amide bonds. The second kappa shape index (κ2) is 4.81. The van der Waals surface area contributed by atoms with E-state index in [0.717, 1.165) is 22.4 Å². The Morgan fingerprint density at radius 2 is 2.44 bits per heavy atom. The molecule has 0 saturated heterocycles. The molecule has 0 bridgehead atoms. The third kappa shape index (κ3) is 2.46. The van der Waals surface area contributed by atoms with Crippen molar-refractivity contribution in [1.29, 1.82) is 0 Å². The standard InChI is InChI=1S/C11H11BrN4OS/c12-7-1-2-9-6(3-7)4-8(17-9)5-18-11-14-10(13)15-16-11/h1-3,8H,4-5H2,(H3,13,14,15,16). The molecule has 1 aliphatic heterocycles. The Hall–Kier alpha value is -1.21. The lowest BCUT2D eigenvalue weighted by Gasteiger charge is -2.08. The number of aromatic amines is 1. The highest BCUT2D eigenvalue weighted by Gasteiger charge is 2.23. The van der Waals surface area contributed by atoms with E-state index in [-0.39, 0.29) is 6.10 Å². The number of nitrogens with two attached hydrogens (primary N) is 1. The first kappa shape index (κ1) is 11.9. The first-order valence-corrected chi connectivity index (χ1v) is 7.24. The van der Waals surface area contributed by atoms with Crippen LogP contribution in [0.2, 0.25) is 0 Å². The highest BCUT2D eigenvalue weighted by molar-refractivity contribution is 9.10. The van der Waals surface area contributed by atoms with E-state index in [2.05, 4.69) is 37.2 Å². The lowest BCUT2D eigenvalue weighted by Crippen LogP contribution is -2.15. The van der Waals surface area contributed by atoms with Gasteiger partial charge in [0, 0.05) is 16.6 Å². The van der Waals surface area contributed by atoms with Crippen LogP contribution >= 0.6 is 27.7 Å². The number of halogens is 1. The van der Waals surface area contributed by atoms with Gasteiger partial charge in [-0.2, -0.15) is 4.98 Å². The SMILES string of the molecule is Nc1nc(SCC2Cc3cc(Br)ccc3O2)n[nH]1. The molecule has 18 heavy (non-hydrogen) atoms. The molecular formula is C11H11BrN4OS. The molecule has 2 heterocycles. The zero-order valence-corrected chi connectivity index (χ0v) is 11.8. The summed E-state index contributed by atoms with van der Waals surface area (Å²) in [6.07, 6.45) is 1.08. The molecule has 7 heteroatoms. The van der Waals surface area contributed by atoms with Crippen molar-refractivity contribution >= 4 is 33.6 Å². The number of thioether (sulfide) groups is 1. The van der Waals surface area contributed by atoms with Gasteiger partial charge in [0.05, 0.1) is 0 Å². The molecule has 94 valence electrons. The average molecular weight is 327 g/mol. The van der Waals surface area contributed by atoms with Gasteiger partial charge in [-0.3, -0.25) is 0 Å². The predicted molar refractivity (Wildman–Crippen MR) is 73.8 cm³/mol. The van der Waals surface area contributed by atoms with Gasteiger partial charge in [0.25, 0.3) is 0 Å². The van der Waals surface area contributed by atoms with Crippen molar-refractivity contribution in [2.45, 2.75) is 17.7 Å². The van der Waals surface area contributed by atoms with Crippen LogP contribution in [0.4, 0.5) is 5.95 Å². The number of fused-ring (bicyclic) bond motifs is 1. The Bertz CT molecular complexity index is 574. The van der Waals surface area contributed by atoms with Gasteiger partial charge in [0.1, 0.15) is 11.9 Å². The third-order valence-corrected chi connectivity index (χ3v) is 4.12. The van der Waals surface area contributed by atoms with Crippen LogP contribution in [0.3, 0.4) is 0 Å². The summed E-state index contributed by atoms with van der Waals surface area (Å²) in [4.78, 5) is 4.05. The van der Waals surface area contributed by atoms with Crippen molar-refractivity contribution in [2.24, 2.45) is 0 Å². The molecule has 0 spiro atoms. The van der Waals surface area contributed by atoms with Crippen molar-refractivity contribution in [3.05, 3.63) is 28.2 Å². The number of hydrogen-bond acceptors (Lipinski definition) is 5. The number of nitrogens with zero attached hydrogens (tertiary/aromatic N) is 2. The minimum Gasteiger partial charge on any atom is -0.489 e. The van der Waals surface area contributed by atoms with E-state index < -0.39 is 0 Å². The van der Waals surface area contributed by atoms with Crippen molar-refractivity contribution in [2.75, 3.05) is 11.5 Å². The maximum atomic E-state index is 5.85. The number of nitrogens with one attached hydrogen (secondary N) is 1. The highest BCUT2D eigenvalue weighted by Crippen LogP contribution is 2.32. The van der Waals surface area contributed by atoms with Gasteiger partial charge in [-0.1, -0.05) is 27.7 Å². The highest BCUT2D eigenvalue weighted by atomic mass is 79.9. The summed E-state index contributed by atoms with van der Waals surface area (Å²) in [5.74, 6) is 2.12. The molecule has 0 fully saturated rings. The summed E-state index contributed by atoms with van der Waals surface area (Å²) in [5, 5.41) is 7.26. The summed E-state index contributed by atoms with van der Waals surface area (Å²) >= 11 is 5.01. The van der Waals surface area contributed by atoms with Crippen molar-refractivity contribution in [1.82, 2.24) is 15.2 Å². The molecule has 1 atom stereocenters. The molecule has 3 N–H and O–H groups in total. The first-order valence-electron chi connectivity index (χ1n) is 5.46. The fraction of sp³-hybridized carbons (Fsp3) is 0.273. The Balaban J connectivity index is 1.61. The van der Waals surface area contributed by atoms with Crippen LogP contribution in [-0.2, 0) is 6.42 Å². The van der Waals surface area contributed by atoms with E-state index in [0.29, 0.717) is 11.1 Å². The predicted octanol–water partition coefficient (Wildman–Crippen LogP) is 2.25. The molecular weight excluding hydrogens is 316 g/mol. The minimum atomic E-state index is 0.166. The molecule has 1 aromatic carbocycles. The van der Waals surface area contributed by atoms with Crippen molar-refractivity contribution in [3.63, 3.8) is 0 Å². The average Bonchev–Trinajstić information content (AvgIpc) is 2.92. The van der Waals surface area contributed by atoms with Gasteiger partial charge in [0.2, 0.25) is 11.1 Å². The zero-order chi connectivity index (χ0) is 12.5. The summed E-state index contributed by atoms with van der Waals surface area (Å²) < 4.78 is 6.94. The number of nitrogen functional groups attached to an aromatic ring is 1. The maximum absolute atomic E-state index is 5.85. The number of ether oxygens (including phenoxy) is 1. The topological polar surface area (TPSA) is 76.8 Å². The van der Waals surface area contributed by atoms with E-state index in [1.54, 1.807) is 11.8 Å². The summed E-state index contributed by atoms with van der Waals surface area (Å²) in [7, 11) is 0. The van der Waals surface area contributed by atoms with Gasteiger partial charge in [-0.05, 0) is 23.8 Å². The van der Waals surface area contributed by atoms with Crippen LogP contribution < -0.4 is 10.5 Å². The van der Waals surface area contributed by atoms with E-state index in [1.165, 1.54) is 5.56 Å². The van der Waals surface area contributed by atoms with Crippen LogP contribution in [0.1, 0.15) is 5.56 Å². The monoisotopic (exact) mass is 326 g/mol. The number of H-pyrrole nitrogens is 1. The zero-order valence-electron chi connectivity index (χ0n) is 9.39. The number of anilines is 1. The lowest BCUT2D eigenvalue weighted by molar-refractivity contribution is 0.259. The number of aromatic nitrogens is 3. The summed E-state index contributed by atoms with van der Waals surface area (Å²) in [5.41, 5.74) is 6.71. The fourth-order valence-corrected chi connectivity index (χ4v) is 3.07. The molecule has 0 aliphatic carbocycles. The second-order valence-corrected chi connectivity index (χ2v) is 5.91. The molecule has 1 unspecified atom stereocenters. The first-order chi connectivity index (χ1) is 8.70. The summed E-state index contributed by atoms with van der Waals surface area (Å²) in [6.45, 7) is 0. The van der Waals surface area contributed by atoms with E-state index in [4.69, 9.17) is 10.5 Å². The van der Waals surface area contributed by atoms with Crippen LogP contribution in [0, 0.1) is 0 Å². The summed E-state index contributed by atoms with van der Waals surface area (Å²) in [6, 6.07) is 6.09. The quantitative estimate of drug-likeness (QED) is 0.846. The second-order valence-electron chi connectivity index (χ2n) is 4.01. The largest absolute Gasteiger partial charge is 0.489 e.